The molecule has 3 saturated heterocycles. The van der Waals surface area contributed by atoms with E-state index in [1.54, 1.807) is 0 Å². The fourth-order valence-corrected chi connectivity index (χ4v) is 4.03. The standard InChI is InChI=1S/C13H23N3/c1-2-12(1)15-4-3-13(9-15)16-7-10-5-14-6-11(10)8-16/h10-14H,1-9H2. The van der Waals surface area contributed by atoms with Crippen LogP contribution >= 0.6 is 0 Å². The van der Waals surface area contributed by atoms with Crippen molar-refractivity contribution < 1.29 is 0 Å². The minimum Gasteiger partial charge on any atom is -0.316 e. The van der Waals surface area contributed by atoms with Gasteiger partial charge in [-0.05, 0) is 44.2 Å². The molecule has 0 bridgehead atoms. The maximum Gasteiger partial charge on any atom is 0.0235 e. The Hall–Kier alpha value is -0.120. The second kappa shape index (κ2) is 3.69. The molecule has 1 N–H and O–H groups in total. The van der Waals surface area contributed by atoms with E-state index in [0.717, 1.165) is 23.9 Å². The smallest absolute Gasteiger partial charge is 0.0235 e. The number of nitrogens with one attached hydrogen (secondary N) is 1. The van der Waals surface area contributed by atoms with E-state index in [4.69, 9.17) is 0 Å². The minimum atomic E-state index is 0.895. The predicted molar refractivity (Wildman–Crippen MR) is 64.4 cm³/mol. The Bertz CT molecular complexity index is 264. The van der Waals surface area contributed by atoms with Gasteiger partial charge in [-0.25, -0.2) is 0 Å². The Morgan fingerprint density at radius 3 is 2.19 bits per heavy atom. The van der Waals surface area contributed by atoms with Crippen LogP contribution in [0.5, 0.6) is 0 Å². The lowest BCUT2D eigenvalue weighted by Crippen LogP contribution is -2.38. The first kappa shape index (κ1) is 9.86. The second-order valence-corrected chi connectivity index (χ2v) is 6.30. The van der Waals surface area contributed by atoms with Gasteiger partial charge < -0.3 is 5.32 Å². The van der Waals surface area contributed by atoms with Crippen LogP contribution < -0.4 is 5.32 Å². The molecule has 90 valence electrons. The van der Waals surface area contributed by atoms with E-state index in [1.165, 1.54) is 58.5 Å². The third-order valence-corrected chi connectivity index (χ3v) is 5.19. The first-order valence-electron chi connectivity index (χ1n) is 7.09. The van der Waals surface area contributed by atoms with Crippen LogP contribution in [0.15, 0.2) is 0 Å². The van der Waals surface area contributed by atoms with Gasteiger partial charge in [0.1, 0.15) is 0 Å². The summed E-state index contributed by atoms with van der Waals surface area (Å²) in [4.78, 5) is 5.55. The Morgan fingerprint density at radius 2 is 1.50 bits per heavy atom. The van der Waals surface area contributed by atoms with Gasteiger partial charge in [-0.2, -0.15) is 0 Å². The van der Waals surface area contributed by atoms with Gasteiger partial charge >= 0.3 is 0 Å². The molecule has 0 aromatic rings. The van der Waals surface area contributed by atoms with Crippen molar-refractivity contribution in [3.8, 4) is 0 Å². The fraction of sp³-hybridized carbons (Fsp3) is 1.00. The molecule has 3 atom stereocenters. The maximum atomic E-state index is 3.54. The molecule has 0 radical (unpaired) electrons. The van der Waals surface area contributed by atoms with E-state index in [9.17, 15) is 0 Å². The van der Waals surface area contributed by atoms with Gasteiger partial charge in [-0.1, -0.05) is 0 Å². The molecule has 0 spiro atoms. The van der Waals surface area contributed by atoms with Crippen molar-refractivity contribution in [1.82, 2.24) is 15.1 Å². The topological polar surface area (TPSA) is 18.5 Å². The quantitative estimate of drug-likeness (QED) is 0.727. The Balaban J connectivity index is 1.37. The van der Waals surface area contributed by atoms with Gasteiger partial charge in [0, 0.05) is 38.3 Å². The monoisotopic (exact) mass is 221 g/mol. The van der Waals surface area contributed by atoms with Crippen LogP contribution in [0.3, 0.4) is 0 Å². The van der Waals surface area contributed by atoms with Crippen molar-refractivity contribution in [2.24, 2.45) is 11.8 Å². The van der Waals surface area contributed by atoms with Crippen molar-refractivity contribution >= 4 is 0 Å². The Labute approximate surface area is 98.2 Å². The predicted octanol–water partition coefficient (Wildman–Crippen LogP) is 0.374. The molecule has 16 heavy (non-hydrogen) atoms. The zero-order valence-corrected chi connectivity index (χ0v) is 10.1. The van der Waals surface area contributed by atoms with Gasteiger partial charge in [0.2, 0.25) is 0 Å². The van der Waals surface area contributed by atoms with E-state index >= 15 is 0 Å². The summed E-state index contributed by atoms with van der Waals surface area (Å²) in [6.07, 6.45) is 4.38. The van der Waals surface area contributed by atoms with Crippen LogP contribution in [0, 0.1) is 11.8 Å². The summed E-state index contributed by atoms with van der Waals surface area (Å²) in [6.45, 7) is 8.05. The minimum absolute atomic E-state index is 0.895. The zero-order valence-electron chi connectivity index (χ0n) is 10.1. The third-order valence-electron chi connectivity index (χ3n) is 5.19. The molecule has 3 heterocycles. The van der Waals surface area contributed by atoms with Gasteiger partial charge in [0.15, 0.2) is 0 Å². The van der Waals surface area contributed by atoms with Gasteiger partial charge in [-0.15, -0.1) is 0 Å². The Kier molecular flexibility index (Phi) is 2.27. The van der Waals surface area contributed by atoms with Gasteiger partial charge in [-0.3, -0.25) is 9.80 Å². The summed E-state index contributed by atoms with van der Waals surface area (Å²) >= 11 is 0. The van der Waals surface area contributed by atoms with Crippen molar-refractivity contribution in [2.45, 2.75) is 31.3 Å². The Morgan fingerprint density at radius 1 is 0.750 bits per heavy atom. The van der Waals surface area contributed by atoms with Crippen molar-refractivity contribution in [2.75, 3.05) is 39.3 Å². The van der Waals surface area contributed by atoms with E-state index < -0.39 is 0 Å². The number of hydrogen-bond donors (Lipinski definition) is 1. The van der Waals surface area contributed by atoms with Gasteiger partial charge in [0.05, 0.1) is 0 Å². The van der Waals surface area contributed by atoms with E-state index in [2.05, 4.69) is 15.1 Å². The molecular formula is C13H23N3. The number of hydrogen-bond acceptors (Lipinski definition) is 3. The van der Waals surface area contributed by atoms with E-state index in [-0.39, 0.29) is 0 Å². The average molecular weight is 221 g/mol. The molecule has 1 saturated carbocycles. The van der Waals surface area contributed by atoms with Crippen LogP contribution in [-0.4, -0.2) is 61.2 Å². The summed E-state index contributed by atoms with van der Waals surface area (Å²) in [7, 11) is 0. The maximum absolute atomic E-state index is 3.54. The SMILES string of the molecule is C1NCC2CN(C3CCN(C4CC4)C3)CC12. The van der Waals surface area contributed by atoms with Gasteiger partial charge in [0.25, 0.3) is 0 Å². The van der Waals surface area contributed by atoms with E-state index in [0.29, 0.717) is 0 Å². The highest BCUT2D eigenvalue weighted by Gasteiger charge is 2.42. The summed E-state index contributed by atoms with van der Waals surface area (Å²) < 4.78 is 0. The molecule has 3 heteroatoms. The first-order chi connectivity index (χ1) is 7.90. The largest absolute Gasteiger partial charge is 0.316 e. The first-order valence-corrected chi connectivity index (χ1v) is 7.09. The normalized spacial score (nSPS) is 45.4. The molecule has 3 unspecified atom stereocenters. The van der Waals surface area contributed by atoms with Crippen LogP contribution in [-0.2, 0) is 0 Å². The molecule has 0 aromatic carbocycles. The lowest BCUT2D eigenvalue weighted by Gasteiger charge is -2.25. The number of fused-ring (bicyclic) bond motifs is 1. The molecule has 3 nitrogen and oxygen atoms in total. The van der Waals surface area contributed by atoms with Crippen LogP contribution in [0.4, 0.5) is 0 Å². The van der Waals surface area contributed by atoms with Crippen molar-refractivity contribution in [1.29, 1.82) is 0 Å². The summed E-state index contributed by atoms with van der Waals surface area (Å²) in [5, 5.41) is 3.54. The molecule has 0 amide bonds. The third kappa shape index (κ3) is 1.60. The summed E-state index contributed by atoms with van der Waals surface area (Å²) in [5.41, 5.74) is 0. The second-order valence-electron chi connectivity index (χ2n) is 6.30. The summed E-state index contributed by atoms with van der Waals surface area (Å²) in [5.74, 6) is 1.94. The molecule has 4 aliphatic rings. The lowest BCUT2D eigenvalue weighted by molar-refractivity contribution is 0.216. The van der Waals surface area contributed by atoms with Crippen LogP contribution in [0.25, 0.3) is 0 Å². The highest BCUT2D eigenvalue weighted by molar-refractivity contribution is 4.98. The molecule has 0 aromatic heterocycles. The molecule has 3 aliphatic heterocycles. The van der Waals surface area contributed by atoms with Crippen molar-refractivity contribution in [3.05, 3.63) is 0 Å². The highest BCUT2D eigenvalue weighted by atomic mass is 15.3. The van der Waals surface area contributed by atoms with Crippen LogP contribution in [0.2, 0.25) is 0 Å². The van der Waals surface area contributed by atoms with Crippen LogP contribution in [0.1, 0.15) is 19.3 Å². The number of likely N-dealkylation sites (tertiary alicyclic amines) is 2. The molecule has 4 fully saturated rings. The highest BCUT2D eigenvalue weighted by Crippen LogP contribution is 2.34. The van der Waals surface area contributed by atoms with Crippen molar-refractivity contribution in [3.63, 3.8) is 0 Å². The molecular weight excluding hydrogens is 198 g/mol. The lowest BCUT2D eigenvalue weighted by atomic mass is 10.0. The summed E-state index contributed by atoms with van der Waals surface area (Å²) in [6, 6.07) is 1.87. The fourth-order valence-electron chi connectivity index (χ4n) is 4.03. The van der Waals surface area contributed by atoms with E-state index in [1.807, 2.05) is 0 Å². The number of rotatable bonds is 2. The number of nitrogens with zero attached hydrogens (tertiary/aromatic N) is 2. The molecule has 1 aliphatic carbocycles. The molecule has 4 rings (SSSR count). The average Bonchev–Trinajstić information content (AvgIpc) is 2.75. The zero-order chi connectivity index (χ0) is 10.5.